The van der Waals surface area contributed by atoms with E-state index in [4.69, 9.17) is 11.6 Å². The minimum Gasteiger partial charge on any atom is -0.350 e. The van der Waals surface area contributed by atoms with Crippen LogP contribution in [0.1, 0.15) is 44.4 Å². The average Bonchev–Trinajstić information content (AvgIpc) is 2.68. The number of aryl methyl sites for hydroxylation is 2. The Bertz CT molecular complexity index is 1120. The van der Waals surface area contributed by atoms with Gasteiger partial charge in [0.25, 0.3) is 0 Å². The molecule has 0 radical (unpaired) electrons. The SMILES string of the molecule is Cc1cc(C)cc(N(CC(=O)N(Cc2ccc(Cl)cc2)[C@H](C)C(=O)NC(C)(C)C)S(C)(=O)=O)c1. The molecule has 2 rings (SSSR count). The molecule has 0 aliphatic carbocycles. The molecule has 1 N–H and O–H groups in total. The highest BCUT2D eigenvalue weighted by molar-refractivity contribution is 7.92. The van der Waals surface area contributed by atoms with E-state index < -0.39 is 34.1 Å². The van der Waals surface area contributed by atoms with Crippen LogP contribution in [0.5, 0.6) is 0 Å². The Kier molecular flexibility index (Phi) is 8.77. The van der Waals surface area contributed by atoms with Gasteiger partial charge < -0.3 is 10.2 Å². The minimum atomic E-state index is -3.77. The maximum atomic E-state index is 13.5. The van der Waals surface area contributed by atoms with Crippen LogP contribution in [0.3, 0.4) is 0 Å². The van der Waals surface area contributed by atoms with E-state index >= 15 is 0 Å². The number of halogens is 1. The first-order chi connectivity index (χ1) is 15.6. The summed E-state index contributed by atoms with van der Waals surface area (Å²) in [6.07, 6.45) is 1.07. The van der Waals surface area contributed by atoms with Gasteiger partial charge >= 0.3 is 0 Å². The van der Waals surface area contributed by atoms with Crippen LogP contribution in [0.25, 0.3) is 0 Å². The van der Waals surface area contributed by atoms with Crippen LogP contribution in [0.15, 0.2) is 42.5 Å². The molecule has 0 spiro atoms. The van der Waals surface area contributed by atoms with Crippen molar-refractivity contribution in [1.29, 1.82) is 0 Å². The van der Waals surface area contributed by atoms with Gasteiger partial charge in [0.2, 0.25) is 21.8 Å². The van der Waals surface area contributed by atoms with Crippen molar-refractivity contribution >= 4 is 39.1 Å². The van der Waals surface area contributed by atoms with Gasteiger partial charge in [-0.1, -0.05) is 29.8 Å². The Balaban J connectivity index is 2.43. The zero-order valence-electron chi connectivity index (χ0n) is 20.8. The molecule has 0 aromatic heterocycles. The predicted octanol–water partition coefficient (Wildman–Crippen LogP) is 4.05. The number of sulfonamides is 1. The van der Waals surface area contributed by atoms with Gasteiger partial charge in [0.15, 0.2) is 0 Å². The molecule has 0 bridgehead atoms. The van der Waals surface area contributed by atoms with Crippen molar-refractivity contribution < 1.29 is 18.0 Å². The molecule has 0 saturated heterocycles. The lowest BCUT2D eigenvalue weighted by Gasteiger charge is -2.33. The van der Waals surface area contributed by atoms with Crippen molar-refractivity contribution in [3.05, 3.63) is 64.2 Å². The molecule has 0 fully saturated rings. The van der Waals surface area contributed by atoms with E-state index in [9.17, 15) is 18.0 Å². The standard InChI is InChI=1S/C25H34ClN3O4S/c1-17-12-18(2)14-22(13-17)29(34(7,32)33)16-23(30)28(15-20-8-10-21(26)11-9-20)19(3)24(31)27-25(4,5)6/h8-14,19H,15-16H2,1-7H3,(H,27,31)/t19-/m1/s1. The zero-order chi connectivity index (χ0) is 25.8. The highest BCUT2D eigenvalue weighted by Crippen LogP contribution is 2.22. The third-order valence-electron chi connectivity index (χ3n) is 5.11. The summed E-state index contributed by atoms with van der Waals surface area (Å²) in [4.78, 5) is 27.9. The van der Waals surface area contributed by atoms with Crippen molar-refractivity contribution in [3.63, 3.8) is 0 Å². The van der Waals surface area contributed by atoms with Gasteiger partial charge in [0.1, 0.15) is 12.6 Å². The van der Waals surface area contributed by atoms with Gasteiger partial charge in [-0.05, 0) is 82.5 Å². The summed E-state index contributed by atoms with van der Waals surface area (Å²) < 4.78 is 26.4. The van der Waals surface area contributed by atoms with Crippen molar-refractivity contribution in [1.82, 2.24) is 10.2 Å². The van der Waals surface area contributed by atoms with Crippen LogP contribution >= 0.6 is 11.6 Å². The Morgan fingerprint density at radius 2 is 1.56 bits per heavy atom. The van der Waals surface area contributed by atoms with E-state index in [1.807, 2.05) is 40.7 Å². The van der Waals surface area contributed by atoms with Crippen LogP contribution in [0.4, 0.5) is 5.69 Å². The Hall–Kier alpha value is -2.58. The van der Waals surface area contributed by atoms with E-state index in [1.165, 1.54) is 4.90 Å². The molecular formula is C25H34ClN3O4S. The molecule has 0 heterocycles. The lowest BCUT2D eigenvalue weighted by Crippen LogP contribution is -2.54. The fourth-order valence-corrected chi connectivity index (χ4v) is 4.51. The molecule has 9 heteroatoms. The monoisotopic (exact) mass is 507 g/mol. The molecule has 0 aliphatic heterocycles. The second kappa shape index (κ2) is 10.8. The minimum absolute atomic E-state index is 0.124. The summed E-state index contributed by atoms with van der Waals surface area (Å²) in [5, 5.41) is 3.45. The first kappa shape index (κ1) is 27.7. The second-order valence-electron chi connectivity index (χ2n) is 9.68. The topological polar surface area (TPSA) is 86.8 Å². The summed E-state index contributed by atoms with van der Waals surface area (Å²) >= 11 is 5.99. The number of carbonyl (C=O) groups excluding carboxylic acids is 2. The van der Waals surface area contributed by atoms with Crippen molar-refractivity contribution in [2.24, 2.45) is 0 Å². The smallest absolute Gasteiger partial charge is 0.244 e. The maximum absolute atomic E-state index is 13.5. The van der Waals surface area contributed by atoms with Gasteiger partial charge in [-0.2, -0.15) is 0 Å². The fraction of sp³-hybridized carbons (Fsp3) is 0.440. The van der Waals surface area contributed by atoms with E-state index in [-0.39, 0.29) is 12.5 Å². The number of carbonyl (C=O) groups is 2. The molecule has 7 nitrogen and oxygen atoms in total. The summed E-state index contributed by atoms with van der Waals surface area (Å²) in [7, 11) is -3.77. The van der Waals surface area contributed by atoms with Crippen molar-refractivity contribution in [2.45, 2.75) is 59.7 Å². The van der Waals surface area contributed by atoms with Crippen molar-refractivity contribution in [2.75, 3.05) is 17.1 Å². The number of rotatable bonds is 8. The first-order valence-electron chi connectivity index (χ1n) is 11.0. The lowest BCUT2D eigenvalue weighted by molar-refractivity contribution is -0.140. The Labute approximate surface area is 208 Å². The van der Waals surface area contributed by atoms with E-state index in [0.29, 0.717) is 10.7 Å². The summed E-state index contributed by atoms with van der Waals surface area (Å²) in [6.45, 7) is 10.6. The molecule has 2 aromatic carbocycles. The molecule has 34 heavy (non-hydrogen) atoms. The first-order valence-corrected chi connectivity index (χ1v) is 13.2. The number of anilines is 1. The van der Waals surface area contributed by atoms with Crippen molar-refractivity contribution in [3.8, 4) is 0 Å². The fourth-order valence-electron chi connectivity index (χ4n) is 3.55. The van der Waals surface area contributed by atoms with E-state index in [1.54, 1.807) is 43.3 Å². The number of nitrogens with one attached hydrogen (secondary N) is 1. The number of benzene rings is 2. The summed E-state index contributed by atoms with van der Waals surface area (Å²) in [5.74, 6) is -0.816. The molecule has 0 unspecified atom stereocenters. The van der Waals surface area contributed by atoms with Gasteiger partial charge in [0, 0.05) is 17.1 Å². The molecule has 186 valence electrons. The molecule has 0 aliphatic rings. The van der Waals surface area contributed by atoms with Crippen LogP contribution < -0.4 is 9.62 Å². The number of hydrogen-bond acceptors (Lipinski definition) is 4. The largest absolute Gasteiger partial charge is 0.350 e. The van der Waals surface area contributed by atoms with Crippen LogP contribution in [-0.2, 0) is 26.2 Å². The van der Waals surface area contributed by atoms with Gasteiger partial charge in [-0.3, -0.25) is 13.9 Å². The van der Waals surface area contributed by atoms with Crippen LogP contribution in [0, 0.1) is 13.8 Å². The predicted molar refractivity (Wildman–Crippen MR) is 137 cm³/mol. The van der Waals surface area contributed by atoms with Gasteiger partial charge in [-0.25, -0.2) is 8.42 Å². The highest BCUT2D eigenvalue weighted by atomic mass is 35.5. The summed E-state index contributed by atoms with van der Waals surface area (Å²) in [6, 6.07) is 11.5. The molecule has 1 atom stereocenters. The number of hydrogen-bond donors (Lipinski definition) is 1. The Morgan fingerprint density at radius 1 is 1.03 bits per heavy atom. The highest BCUT2D eigenvalue weighted by Gasteiger charge is 2.31. The molecular weight excluding hydrogens is 474 g/mol. The number of amides is 2. The van der Waals surface area contributed by atoms with Gasteiger partial charge in [-0.15, -0.1) is 0 Å². The molecule has 2 aromatic rings. The lowest BCUT2D eigenvalue weighted by atomic mass is 10.1. The maximum Gasteiger partial charge on any atom is 0.244 e. The van der Waals surface area contributed by atoms with E-state index in [2.05, 4.69) is 5.32 Å². The zero-order valence-corrected chi connectivity index (χ0v) is 22.4. The number of nitrogens with zero attached hydrogens (tertiary/aromatic N) is 2. The van der Waals surface area contributed by atoms with Gasteiger partial charge in [0.05, 0.1) is 11.9 Å². The quantitative estimate of drug-likeness (QED) is 0.583. The molecule has 0 saturated carbocycles. The molecule has 2 amide bonds. The van der Waals surface area contributed by atoms with Crippen LogP contribution in [0.2, 0.25) is 5.02 Å². The average molecular weight is 508 g/mol. The third-order valence-corrected chi connectivity index (χ3v) is 6.50. The Morgan fingerprint density at radius 3 is 2.03 bits per heavy atom. The normalized spacial score (nSPS) is 12.7. The summed E-state index contributed by atoms with van der Waals surface area (Å²) in [5.41, 5.74) is 2.45. The second-order valence-corrected chi connectivity index (χ2v) is 12.0. The third kappa shape index (κ3) is 8.02. The van der Waals surface area contributed by atoms with Crippen LogP contribution in [-0.4, -0.2) is 49.5 Å². The van der Waals surface area contributed by atoms with E-state index in [0.717, 1.165) is 27.3 Å².